The molecule has 142 valence electrons. The molecule has 27 heavy (non-hydrogen) atoms. The maximum absolute atomic E-state index is 11.6. The smallest absolute Gasteiger partial charge is 0.194 e. The van der Waals surface area contributed by atoms with Crippen LogP contribution in [0.15, 0.2) is 95.9 Å². The van der Waals surface area contributed by atoms with Crippen LogP contribution >= 0.6 is 0 Å². The van der Waals surface area contributed by atoms with Crippen molar-refractivity contribution in [1.82, 2.24) is 0 Å². The van der Waals surface area contributed by atoms with E-state index in [4.69, 9.17) is 0 Å². The van der Waals surface area contributed by atoms with Crippen LogP contribution < -0.4 is 21.2 Å². The van der Waals surface area contributed by atoms with Crippen LogP contribution in [0.5, 0.6) is 0 Å². The molecule has 0 saturated heterocycles. The Labute approximate surface area is 166 Å². The van der Waals surface area contributed by atoms with Gasteiger partial charge in [0.05, 0.1) is 4.90 Å². The third kappa shape index (κ3) is 8.10. The number of hydrogen-bond acceptors (Lipinski definition) is 3. The molecule has 0 heterocycles. The fourth-order valence-corrected chi connectivity index (χ4v) is 4.95. The van der Waals surface area contributed by atoms with E-state index in [1.54, 1.807) is 0 Å². The van der Waals surface area contributed by atoms with E-state index < -0.39 is 21.4 Å². The molecule has 0 aliphatic rings. The first-order valence-corrected chi connectivity index (χ1v) is 11.2. The largest absolute Gasteiger partial charge is 0.537 e. The summed E-state index contributed by atoms with van der Waals surface area (Å²) in [5, 5.41) is 0. The highest BCUT2D eigenvalue weighted by Gasteiger charge is 2.37. The molecule has 0 radical (unpaired) electrons. The van der Waals surface area contributed by atoms with Crippen molar-refractivity contribution in [3.05, 3.63) is 98.1 Å². The van der Waals surface area contributed by atoms with E-state index in [9.17, 15) is 21.6 Å². The second-order valence-electron chi connectivity index (χ2n) is 4.98. The Balaban J connectivity index is 0.000000194. The van der Waals surface area contributed by atoms with Gasteiger partial charge in [0.15, 0.2) is 7.14 Å². The van der Waals surface area contributed by atoms with E-state index in [-0.39, 0.29) is 21.2 Å². The number of hydrogen-bond donors (Lipinski definition) is 0. The highest BCUT2D eigenvalue weighted by atomic mass is 127. The summed E-state index contributed by atoms with van der Waals surface area (Å²) in [5.41, 5.74) is 0. The molecule has 0 amide bonds. The zero-order valence-corrected chi connectivity index (χ0v) is 16.8. The molecular formula is C19H15F3IO3S+. The van der Waals surface area contributed by atoms with Gasteiger partial charge in [-0.05, 0) is 36.4 Å². The monoisotopic (exact) mass is 507 g/mol. The summed E-state index contributed by atoms with van der Waals surface area (Å²) in [5.74, 6) is 0. The van der Waals surface area contributed by atoms with Gasteiger partial charge < -0.3 is 0 Å². The van der Waals surface area contributed by atoms with Gasteiger partial charge in [-0.3, -0.25) is 0 Å². The third-order valence-corrected chi connectivity index (χ3v) is 6.86. The van der Waals surface area contributed by atoms with Gasteiger partial charge in [-0.1, -0.05) is 54.6 Å². The van der Waals surface area contributed by atoms with E-state index in [2.05, 4.69) is 64.8 Å². The van der Waals surface area contributed by atoms with Gasteiger partial charge in [-0.25, -0.2) is 0 Å². The summed E-state index contributed by atoms with van der Waals surface area (Å²) in [6, 6.07) is 27.5. The fourth-order valence-electron chi connectivity index (χ4n) is 1.84. The molecular weight excluding hydrogens is 492 g/mol. The van der Waals surface area contributed by atoms with Gasteiger partial charge in [-0.2, -0.15) is 12.6 Å². The maximum atomic E-state index is 11.6. The Morgan fingerprint density at radius 1 is 0.667 bits per heavy atom. The van der Waals surface area contributed by atoms with Crippen molar-refractivity contribution in [1.29, 1.82) is 0 Å². The van der Waals surface area contributed by atoms with Crippen LogP contribution in [0.3, 0.4) is 0 Å². The van der Waals surface area contributed by atoms with E-state index in [0.717, 1.165) is 12.1 Å². The number of benzene rings is 3. The van der Waals surface area contributed by atoms with E-state index in [1.807, 2.05) is 0 Å². The number of halogens is 4. The Kier molecular flexibility index (Phi) is 7.81. The van der Waals surface area contributed by atoms with Gasteiger partial charge in [0.25, 0.3) is 0 Å². The molecule has 3 nitrogen and oxygen atoms in total. The summed E-state index contributed by atoms with van der Waals surface area (Å²) >= 11 is 0.0287. The van der Waals surface area contributed by atoms with Crippen LogP contribution in [0, 0.1) is 7.14 Å². The second-order valence-corrected chi connectivity index (χ2v) is 9.56. The van der Waals surface area contributed by atoms with Gasteiger partial charge in [-0.15, -0.1) is 13.2 Å². The molecule has 0 aliphatic heterocycles. The minimum Gasteiger partial charge on any atom is -0.194 e. The molecule has 3 rings (SSSR count). The second kappa shape index (κ2) is 9.86. The molecule has 0 unspecified atom stereocenters. The molecule has 3 aromatic carbocycles. The van der Waals surface area contributed by atoms with Crippen molar-refractivity contribution in [2.24, 2.45) is 0 Å². The first-order chi connectivity index (χ1) is 12.8. The van der Waals surface area contributed by atoms with E-state index in [1.165, 1.54) is 25.3 Å². The normalized spacial score (nSPS) is 11.4. The molecule has 0 fully saturated rings. The lowest BCUT2D eigenvalue weighted by Crippen LogP contribution is -3.61. The molecule has 0 atom stereocenters. The summed E-state index contributed by atoms with van der Waals surface area (Å²) in [7, 11) is -4.74. The predicted octanol–water partition coefficient (Wildman–Crippen LogP) is 1.73. The average Bonchev–Trinajstić information content (AvgIpc) is 2.63. The van der Waals surface area contributed by atoms with Crippen LogP contribution in [0.1, 0.15) is 0 Å². The molecule has 8 heteroatoms. The first kappa shape index (κ1) is 21.4. The van der Waals surface area contributed by atoms with E-state index in [0.29, 0.717) is 0 Å². The number of alkyl halides is 3. The van der Waals surface area contributed by atoms with Gasteiger partial charge >= 0.3 is 37.7 Å². The van der Waals surface area contributed by atoms with Crippen molar-refractivity contribution in [2.75, 3.05) is 0 Å². The lowest BCUT2D eigenvalue weighted by molar-refractivity contribution is -0.597. The van der Waals surface area contributed by atoms with Crippen molar-refractivity contribution in [2.45, 2.75) is 11.3 Å². The maximum Gasteiger partial charge on any atom is 0.537 e. The van der Waals surface area contributed by atoms with Crippen LogP contribution in [0.2, 0.25) is 0 Å². The molecule has 0 aliphatic carbocycles. The lowest BCUT2D eigenvalue weighted by atomic mass is 10.4. The van der Waals surface area contributed by atoms with Crippen molar-refractivity contribution in [3.8, 4) is 0 Å². The summed E-state index contributed by atoms with van der Waals surface area (Å²) in [6.07, 6.45) is -5.20. The topological polar surface area (TPSA) is 43.4 Å². The minimum atomic E-state index is -5.20. The molecule has 0 spiro atoms. The Morgan fingerprint density at radius 3 is 1.41 bits per heavy atom. The highest BCUT2D eigenvalue weighted by Crippen LogP contribution is 2.23. The van der Waals surface area contributed by atoms with Crippen LogP contribution in [-0.2, 0) is 14.3 Å². The quantitative estimate of drug-likeness (QED) is 0.400. The van der Waals surface area contributed by atoms with Crippen LogP contribution in [0.4, 0.5) is 13.2 Å². The summed E-state index contributed by atoms with van der Waals surface area (Å²) < 4.78 is 62.7. The summed E-state index contributed by atoms with van der Waals surface area (Å²) in [4.78, 5) is -0.530. The average molecular weight is 507 g/mol. The zero-order chi connectivity index (χ0) is 19.8. The molecule has 3 aromatic rings. The highest BCUT2D eigenvalue weighted by molar-refractivity contribution is 7.86. The molecule has 0 N–H and O–H groups in total. The number of rotatable bonds is 4. The van der Waals surface area contributed by atoms with Crippen LogP contribution in [0.25, 0.3) is 0 Å². The Hall–Kier alpha value is -1.91. The fraction of sp³-hybridized carbons (Fsp3) is 0.0526. The summed E-state index contributed by atoms with van der Waals surface area (Å²) in [6.45, 7) is 0. The van der Waals surface area contributed by atoms with Gasteiger partial charge in [0.1, 0.15) is 0 Å². The standard InChI is InChI=1S/C12H10I.C7H5F3O3S/c1-3-7-11(8-4-1)13-12-9-5-2-6-10-12;8-7(9,10)13-14(11,12)6-4-2-1-3-5-6/h1-10H;1-5H/q+1;. The van der Waals surface area contributed by atoms with Crippen molar-refractivity contribution in [3.63, 3.8) is 0 Å². The van der Waals surface area contributed by atoms with Gasteiger partial charge in [0.2, 0.25) is 0 Å². The van der Waals surface area contributed by atoms with Crippen molar-refractivity contribution < 1.29 is 47.0 Å². The van der Waals surface area contributed by atoms with Crippen LogP contribution in [-0.4, -0.2) is 14.8 Å². The molecule has 0 saturated carbocycles. The zero-order valence-electron chi connectivity index (χ0n) is 13.8. The van der Waals surface area contributed by atoms with Crippen molar-refractivity contribution >= 4 is 10.1 Å². The Bertz CT molecular complexity index is 879. The van der Waals surface area contributed by atoms with E-state index >= 15 is 0 Å². The third-order valence-electron chi connectivity index (χ3n) is 2.92. The molecule has 0 aromatic heterocycles. The minimum absolute atomic E-state index is 0.0287. The SMILES string of the molecule is O=S(=O)(OC(F)(F)F)c1ccccc1.c1ccc([I+]c2ccccc2)cc1. The predicted molar refractivity (Wildman–Crippen MR) is 91.0 cm³/mol. The lowest BCUT2D eigenvalue weighted by Gasteiger charge is -2.07. The first-order valence-electron chi connectivity index (χ1n) is 7.59. The van der Waals surface area contributed by atoms with Gasteiger partial charge in [0, 0.05) is 0 Å². The Morgan fingerprint density at radius 2 is 1.04 bits per heavy atom. The molecule has 0 bridgehead atoms.